The van der Waals surface area contributed by atoms with E-state index in [9.17, 15) is 9.59 Å². The van der Waals surface area contributed by atoms with Crippen LogP contribution < -0.4 is 0 Å². The predicted molar refractivity (Wildman–Crippen MR) is 185 cm³/mol. The molecule has 1 atom stereocenters. The summed E-state index contributed by atoms with van der Waals surface area (Å²) in [7, 11) is 0. The molecule has 0 saturated carbocycles. The fourth-order valence-corrected chi connectivity index (χ4v) is 5.10. The molecule has 0 aromatic rings. The van der Waals surface area contributed by atoms with E-state index in [-0.39, 0.29) is 12.1 Å². The molecule has 43 heavy (non-hydrogen) atoms. The number of hydrogen-bond acceptors (Lipinski definition) is 3. The molecule has 0 amide bonds. The second-order valence-corrected chi connectivity index (χ2v) is 12.0. The molecule has 0 radical (unpaired) electrons. The number of hydrogen-bond donors (Lipinski definition) is 1. The van der Waals surface area contributed by atoms with Crippen LogP contribution in [0, 0.1) is 0 Å². The largest absolute Gasteiger partial charge is 0.481 e. The molecule has 0 aliphatic rings. The molecule has 0 aliphatic heterocycles. The lowest BCUT2D eigenvalue weighted by atomic mass is 10.0. The lowest BCUT2D eigenvalue weighted by Gasteiger charge is -2.16. The third-order valence-corrected chi connectivity index (χ3v) is 7.88. The van der Waals surface area contributed by atoms with Crippen molar-refractivity contribution in [2.45, 2.75) is 187 Å². The van der Waals surface area contributed by atoms with Crippen LogP contribution in [-0.4, -0.2) is 23.1 Å². The first kappa shape index (κ1) is 40.9. The summed E-state index contributed by atoms with van der Waals surface area (Å²) in [5, 5.41) is 8.65. The van der Waals surface area contributed by atoms with Crippen LogP contribution in [0.2, 0.25) is 0 Å². The smallest absolute Gasteiger partial charge is 0.306 e. The van der Waals surface area contributed by atoms with E-state index in [1.54, 1.807) is 0 Å². The van der Waals surface area contributed by atoms with Gasteiger partial charge in [-0.25, -0.2) is 0 Å². The number of rotatable bonds is 32. The Kier molecular flexibility index (Phi) is 32.7. The van der Waals surface area contributed by atoms with Crippen molar-refractivity contribution in [2.24, 2.45) is 0 Å². The summed E-state index contributed by atoms with van der Waals surface area (Å²) in [6.45, 7) is 4.36. The van der Waals surface area contributed by atoms with Gasteiger partial charge in [-0.05, 0) is 77.0 Å². The van der Waals surface area contributed by atoms with Gasteiger partial charge in [0.1, 0.15) is 6.10 Å². The van der Waals surface area contributed by atoms with Crippen molar-refractivity contribution < 1.29 is 19.4 Å². The van der Waals surface area contributed by atoms with E-state index < -0.39 is 5.97 Å². The van der Waals surface area contributed by atoms with Gasteiger partial charge < -0.3 is 9.84 Å². The van der Waals surface area contributed by atoms with Gasteiger partial charge in [0.25, 0.3) is 0 Å². The van der Waals surface area contributed by atoms with Crippen molar-refractivity contribution in [3.05, 3.63) is 48.6 Å². The number of aliphatic carboxylic acids is 1. The van der Waals surface area contributed by atoms with Gasteiger partial charge in [-0.2, -0.15) is 0 Å². The molecule has 0 rings (SSSR count). The molecule has 4 nitrogen and oxygen atoms in total. The van der Waals surface area contributed by atoms with Crippen LogP contribution in [-0.2, 0) is 14.3 Å². The first-order valence-electron chi connectivity index (χ1n) is 18.1. The Balaban J connectivity index is 3.54. The molecule has 0 bridgehead atoms. The summed E-state index contributed by atoms with van der Waals surface area (Å²) in [6, 6.07) is 0. The fraction of sp³-hybridized carbons (Fsp3) is 0.744. The Labute approximate surface area is 266 Å². The van der Waals surface area contributed by atoms with Crippen LogP contribution in [0.1, 0.15) is 181 Å². The summed E-state index contributed by atoms with van der Waals surface area (Å²) in [6.07, 6.45) is 46.3. The average Bonchev–Trinajstić information content (AvgIpc) is 2.99. The molecule has 0 aliphatic carbocycles. The van der Waals surface area contributed by atoms with Crippen molar-refractivity contribution in [3.8, 4) is 0 Å². The van der Waals surface area contributed by atoms with E-state index in [1.807, 2.05) is 0 Å². The molecule has 0 spiro atoms. The van der Waals surface area contributed by atoms with Gasteiger partial charge in [0.05, 0.1) is 0 Å². The van der Waals surface area contributed by atoms with Crippen LogP contribution in [0.4, 0.5) is 0 Å². The van der Waals surface area contributed by atoms with Gasteiger partial charge in [0, 0.05) is 12.8 Å². The van der Waals surface area contributed by atoms with Crippen molar-refractivity contribution in [2.75, 3.05) is 0 Å². The molecule has 0 aromatic carbocycles. The maximum absolute atomic E-state index is 12.3. The maximum Gasteiger partial charge on any atom is 0.306 e. The van der Waals surface area contributed by atoms with Crippen LogP contribution in [0.25, 0.3) is 0 Å². The number of ether oxygens (including phenoxy) is 1. The Hall–Kier alpha value is -2.10. The van der Waals surface area contributed by atoms with E-state index in [0.717, 1.165) is 77.0 Å². The van der Waals surface area contributed by atoms with E-state index >= 15 is 0 Å². The van der Waals surface area contributed by atoms with Crippen molar-refractivity contribution in [1.29, 1.82) is 0 Å². The van der Waals surface area contributed by atoms with Gasteiger partial charge in [0.2, 0.25) is 0 Å². The molecular weight excluding hydrogens is 532 g/mol. The summed E-state index contributed by atoms with van der Waals surface area (Å²) in [4.78, 5) is 22.8. The van der Waals surface area contributed by atoms with Crippen molar-refractivity contribution in [3.63, 3.8) is 0 Å². The second kappa shape index (κ2) is 34.4. The van der Waals surface area contributed by atoms with Gasteiger partial charge in [-0.15, -0.1) is 0 Å². The first-order chi connectivity index (χ1) is 21.1. The molecule has 0 heterocycles. The molecule has 248 valence electrons. The zero-order valence-corrected chi connectivity index (χ0v) is 28.3. The number of carboxylic acids is 1. The molecule has 1 unspecified atom stereocenters. The van der Waals surface area contributed by atoms with E-state index in [2.05, 4.69) is 62.5 Å². The third-order valence-electron chi connectivity index (χ3n) is 7.88. The summed E-state index contributed by atoms with van der Waals surface area (Å²) >= 11 is 0. The Bertz CT molecular complexity index is 734. The lowest BCUT2D eigenvalue weighted by molar-refractivity contribution is -0.149. The molecule has 0 fully saturated rings. The molecule has 1 N–H and O–H groups in total. The lowest BCUT2D eigenvalue weighted by Crippen LogP contribution is -2.17. The number of allylic oxidation sites excluding steroid dienone is 8. The number of carboxylic acid groups (broad SMARTS) is 1. The minimum absolute atomic E-state index is 0.0177. The summed E-state index contributed by atoms with van der Waals surface area (Å²) in [5.74, 6) is -0.702. The zero-order valence-electron chi connectivity index (χ0n) is 28.3. The molecule has 0 aromatic heterocycles. The minimum Gasteiger partial charge on any atom is -0.481 e. The third kappa shape index (κ3) is 34.3. The molecule has 0 saturated heterocycles. The number of carbonyl (C=O) groups is 2. The van der Waals surface area contributed by atoms with Gasteiger partial charge in [-0.1, -0.05) is 140 Å². The van der Waals surface area contributed by atoms with Crippen LogP contribution in [0.3, 0.4) is 0 Å². The standard InChI is InChI=1S/C39H68O4/c1-3-5-6-7-8-9-10-11-12-13-14-15-16-17-18-19-20-24-27-30-33-36-39(42)43-37(4-2)34-31-28-25-22-21-23-26-29-32-35-38(40)41/h8-9,11-12,14-15,17-18,37H,3-7,10,13,16,19-36H2,1-2H3,(H,40,41)/b9-8-,12-11-,15-14-,18-17-. The zero-order chi connectivity index (χ0) is 31.5. The van der Waals surface area contributed by atoms with Crippen molar-refractivity contribution >= 4 is 11.9 Å². The van der Waals surface area contributed by atoms with E-state index in [4.69, 9.17) is 9.84 Å². The topological polar surface area (TPSA) is 63.6 Å². The average molecular weight is 601 g/mol. The highest BCUT2D eigenvalue weighted by atomic mass is 16.5. The highest BCUT2D eigenvalue weighted by Gasteiger charge is 2.12. The van der Waals surface area contributed by atoms with E-state index in [0.29, 0.717) is 12.8 Å². The van der Waals surface area contributed by atoms with Gasteiger partial charge >= 0.3 is 11.9 Å². The Morgan fingerprint density at radius 1 is 0.535 bits per heavy atom. The predicted octanol–water partition coefficient (Wildman–Crippen LogP) is 12.4. The van der Waals surface area contributed by atoms with E-state index in [1.165, 1.54) is 77.0 Å². The van der Waals surface area contributed by atoms with Crippen LogP contribution >= 0.6 is 0 Å². The Morgan fingerprint density at radius 2 is 0.953 bits per heavy atom. The molecule has 4 heteroatoms. The van der Waals surface area contributed by atoms with Crippen molar-refractivity contribution in [1.82, 2.24) is 0 Å². The highest BCUT2D eigenvalue weighted by Crippen LogP contribution is 2.16. The SMILES string of the molecule is CCCCC/C=C\C/C=C\C/C=C\C/C=C\CCCCCCCC(=O)OC(CC)CCCCCCCCCCCC(=O)O. The second-order valence-electron chi connectivity index (χ2n) is 12.0. The first-order valence-corrected chi connectivity index (χ1v) is 18.1. The van der Waals surface area contributed by atoms with Crippen LogP contribution in [0.15, 0.2) is 48.6 Å². The fourth-order valence-electron chi connectivity index (χ4n) is 5.10. The monoisotopic (exact) mass is 601 g/mol. The number of esters is 1. The van der Waals surface area contributed by atoms with Crippen LogP contribution in [0.5, 0.6) is 0 Å². The summed E-state index contributed by atoms with van der Waals surface area (Å²) in [5.41, 5.74) is 0. The number of unbranched alkanes of at least 4 members (excludes halogenated alkanes) is 16. The quantitative estimate of drug-likeness (QED) is 0.0474. The highest BCUT2D eigenvalue weighted by molar-refractivity contribution is 5.69. The Morgan fingerprint density at radius 3 is 1.44 bits per heavy atom. The summed E-state index contributed by atoms with van der Waals surface area (Å²) < 4.78 is 5.74. The normalized spacial score (nSPS) is 12.8. The number of carbonyl (C=O) groups excluding carboxylic acids is 1. The van der Waals surface area contributed by atoms with Gasteiger partial charge in [-0.3, -0.25) is 9.59 Å². The minimum atomic E-state index is -0.684. The molecular formula is C39H68O4. The van der Waals surface area contributed by atoms with Gasteiger partial charge in [0.15, 0.2) is 0 Å². The maximum atomic E-state index is 12.3.